The van der Waals surface area contributed by atoms with Crippen LogP contribution in [-0.2, 0) is 0 Å². The van der Waals surface area contributed by atoms with Crippen molar-refractivity contribution in [3.63, 3.8) is 0 Å². The summed E-state index contributed by atoms with van der Waals surface area (Å²) in [6.07, 6.45) is 9.92. The van der Waals surface area contributed by atoms with Crippen molar-refractivity contribution in [2.45, 2.75) is 31.7 Å². The van der Waals surface area contributed by atoms with Crippen LogP contribution in [-0.4, -0.2) is 26.0 Å². The quantitative estimate of drug-likeness (QED) is 0.874. The van der Waals surface area contributed by atoms with E-state index in [1.165, 1.54) is 32.0 Å². The van der Waals surface area contributed by atoms with Gasteiger partial charge in [-0.2, -0.15) is 4.98 Å². The average molecular weight is 256 g/mol. The molecule has 0 amide bonds. The molecule has 2 heterocycles. The molecule has 1 aliphatic carbocycles. The molecule has 0 aromatic carbocycles. The maximum atomic E-state index is 4.37. The molecule has 6 nitrogen and oxygen atoms in total. The third kappa shape index (κ3) is 3.15. The Labute approximate surface area is 111 Å². The standard InChI is InChI=1S/C13H16N6/c1-2-4-10(3-1)17-12-15-9-16-13(19-12)18-11-5-7-14-8-6-11/h5-10H,1-4H2,(H2,14,15,16,17,18,19). The Hall–Kier alpha value is -2.24. The van der Waals surface area contributed by atoms with E-state index < -0.39 is 0 Å². The summed E-state index contributed by atoms with van der Waals surface area (Å²) >= 11 is 0. The molecule has 0 bridgehead atoms. The summed E-state index contributed by atoms with van der Waals surface area (Å²) in [6.45, 7) is 0. The Kier molecular flexibility index (Phi) is 3.49. The van der Waals surface area contributed by atoms with Crippen LogP contribution >= 0.6 is 0 Å². The lowest BCUT2D eigenvalue weighted by atomic mass is 10.3. The van der Waals surface area contributed by atoms with Crippen molar-refractivity contribution in [1.82, 2.24) is 19.9 Å². The van der Waals surface area contributed by atoms with Crippen LogP contribution in [0.1, 0.15) is 25.7 Å². The molecule has 98 valence electrons. The minimum absolute atomic E-state index is 0.496. The lowest BCUT2D eigenvalue weighted by Gasteiger charge is -2.12. The van der Waals surface area contributed by atoms with Crippen LogP contribution in [0.25, 0.3) is 0 Å². The molecule has 3 rings (SSSR count). The number of aromatic nitrogens is 4. The first-order valence-corrected chi connectivity index (χ1v) is 6.53. The van der Waals surface area contributed by atoms with Crippen LogP contribution in [0, 0.1) is 0 Å². The van der Waals surface area contributed by atoms with E-state index in [9.17, 15) is 0 Å². The molecule has 1 aliphatic rings. The van der Waals surface area contributed by atoms with E-state index in [0.717, 1.165) is 5.69 Å². The van der Waals surface area contributed by atoms with E-state index in [2.05, 4.69) is 30.6 Å². The van der Waals surface area contributed by atoms with E-state index in [-0.39, 0.29) is 0 Å². The summed E-state index contributed by atoms with van der Waals surface area (Å²) in [5.41, 5.74) is 0.910. The zero-order valence-electron chi connectivity index (χ0n) is 10.6. The van der Waals surface area contributed by atoms with Crippen molar-refractivity contribution < 1.29 is 0 Å². The van der Waals surface area contributed by atoms with Crippen molar-refractivity contribution in [3.8, 4) is 0 Å². The molecule has 0 unspecified atom stereocenters. The summed E-state index contributed by atoms with van der Waals surface area (Å²) in [4.78, 5) is 16.6. The molecular formula is C13H16N6. The Morgan fingerprint density at radius 1 is 1.00 bits per heavy atom. The predicted molar refractivity (Wildman–Crippen MR) is 73.2 cm³/mol. The third-order valence-electron chi connectivity index (χ3n) is 3.20. The normalized spacial score (nSPS) is 15.4. The first-order valence-electron chi connectivity index (χ1n) is 6.53. The lowest BCUT2D eigenvalue weighted by molar-refractivity contribution is 0.742. The molecule has 6 heteroatoms. The van der Waals surface area contributed by atoms with Gasteiger partial charge in [-0.05, 0) is 25.0 Å². The number of anilines is 3. The summed E-state index contributed by atoms with van der Waals surface area (Å²) in [5, 5.41) is 6.48. The fourth-order valence-corrected chi connectivity index (χ4v) is 2.24. The minimum atomic E-state index is 0.496. The highest BCUT2D eigenvalue weighted by molar-refractivity contribution is 5.52. The van der Waals surface area contributed by atoms with Gasteiger partial charge in [0.15, 0.2) is 0 Å². The van der Waals surface area contributed by atoms with Crippen LogP contribution in [0.5, 0.6) is 0 Å². The molecule has 0 atom stereocenters. The first-order chi connectivity index (χ1) is 9.40. The van der Waals surface area contributed by atoms with Crippen molar-refractivity contribution >= 4 is 17.6 Å². The molecule has 1 saturated carbocycles. The van der Waals surface area contributed by atoms with Crippen LogP contribution in [0.4, 0.5) is 17.6 Å². The van der Waals surface area contributed by atoms with Crippen LogP contribution in [0.2, 0.25) is 0 Å². The number of pyridine rings is 1. The van der Waals surface area contributed by atoms with Gasteiger partial charge < -0.3 is 10.6 Å². The Morgan fingerprint density at radius 3 is 2.53 bits per heavy atom. The highest BCUT2D eigenvalue weighted by Gasteiger charge is 2.15. The van der Waals surface area contributed by atoms with Crippen molar-refractivity contribution in [2.75, 3.05) is 10.6 Å². The van der Waals surface area contributed by atoms with Gasteiger partial charge in [0.25, 0.3) is 0 Å². The second-order valence-electron chi connectivity index (χ2n) is 4.62. The molecular weight excluding hydrogens is 240 g/mol. The summed E-state index contributed by atoms with van der Waals surface area (Å²) in [7, 11) is 0. The average Bonchev–Trinajstić information content (AvgIpc) is 2.93. The number of hydrogen-bond donors (Lipinski definition) is 2. The molecule has 2 aromatic heterocycles. The topological polar surface area (TPSA) is 75.6 Å². The van der Waals surface area contributed by atoms with E-state index in [1.54, 1.807) is 12.4 Å². The molecule has 0 radical (unpaired) electrons. The largest absolute Gasteiger partial charge is 0.351 e. The molecule has 0 aliphatic heterocycles. The van der Waals surface area contributed by atoms with Gasteiger partial charge in [0.1, 0.15) is 6.33 Å². The first kappa shape index (κ1) is 11.8. The third-order valence-corrected chi connectivity index (χ3v) is 3.20. The van der Waals surface area contributed by atoms with Crippen molar-refractivity contribution in [1.29, 1.82) is 0 Å². The maximum absolute atomic E-state index is 4.37. The number of hydrogen-bond acceptors (Lipinski definition) is 6. The fourth-order valence-electron chi connectivity index (χ4n) is 2.24. The molecule has 2 N–H and O–H groups in total. The smallest absolute Gasteiger partial charge is 0.231 e. The summed E-state index contributed by atoms with van der Waals surface area (Å²) < 4.78 is 0. The van der Waals surface area contributed by atoms with Gasteiger partial charge in [-0.15, -0.1) is 0 Å². The highest BCUT2D eigenvalue weighted by Crippen LogP contribution is 2.21. The van der Waals surface area contributed by atoms with Gasteiger partial charge in [0.2, 0.25) is 11.9 Å². The zero-order valence-corrected chi connectivity index (χ0v) is 10.6. The van der Waals surface area contributed by atoms with Gasteiger partial charge >= 0.3 is 0 Å². The SMILES string of the molecule is c1cc(Nc2ncnc(NC3CCCC3)n2)ccn1. The number of nitrogens with zero attached hydrogens (tertiary/aromatic N) is 4. The van der Waals surface area contributed by atoms with Gasteiger partial charge in [-0.1, -0.05) is 12.8 Å². The number of rotatable bonds is 4. The minimum Gasteiger partial charge on any atom is -0.351 e. The molecule has 19 heavy (non-hydrogen) atoms. The monoisotopic (exact) mass is 256 g/mol. The Morgan fingerprint density at radius 2 is 1.74 bits per heavy atom. The molecule has 0 saturated heterocycles. The Balaban J connectivity index is 1.69. The van der Waals surface area contributed by atoms with Crippen molar-refractivity contribution in [3.05, 3.63) is 30.9 Å². The van der Waals surface area contributed by atoms with Gasteiger partial charge in [0.05, 0.1) is 0 Å². The zero-order chi connectivity index (χ0) is 12.9. The van der Waals surface area contributed by atoms with E-state index in [4.69, 9.17) is 0 Å². The summed E-state index contributed by atoms with van der Waals surface area (Å²) in [6, 6.07) is 4.23. The maximum Gasteiger partial charge on any atom is 0.231 e. The number of nitrogens with one attached hydrogen (secondary N) is 2. The fraction of sp³-hybridized carbons (Fsp3) is 0.385. The molecule has 1 fully saturated rings. The highest BCUT2D eigenvalue weighted by atomic mass is 15.2. The van der Waals surface area contributed by atoms with E-state index in [1.807, 2.05) is 12.1 Å². The second-order valence-corrected chi connectivity index (χ2v) is 4.62. The Bertz CT molecular complexity index is 524. The molecule has 0 spiro atoms. The lowest BCUT2D eigenvalue weighted by Crippen LogP contribution is -2.17. The van der Waals surface area contributed by atoms with Gasteiger partial charge in [0, 0.05) is 24.1 Å². The van der Waals surface area contributed by atoms with Gasteiger partial charge in [-0.25, -0.2) is 9.97 Å². The second kappa shape index (κ2) is 5.60. The molecule has 2 aromatic rings. The van der Waals surface area contributed by atoms with Crippen LogP contribution < -0.4 is 10.6 Å². The van der Waals surface area contributed by atoms with E-state index in [0.29, 0.717) is 17.9 Å². The van der Waals surface area contributed by atoms with Crippen molar-refractivity contribution in [2.24, 2.45) is 0 Å². The van der Waals surface area contributed by atoms with Crippen LogP contribution in [0.15, 0.2) is 30.9 Å². The van der Waals surface area contributed by atoms with Gasteiger partial charge in [-0.3, -0.25) is 4.98 Å². The van der Waals surface area contributed by atoms with E-state index >= 15 is 0 Å². The summed E-state index contributed by atoms with van der Waals surface area (Å²) in [5.74, 6) is 1.18. The van der Waals surface area contributed by atoms with Crippen LogP contribution in [0.3, 0.4) is 0 Å². The predicted octanol–water partition coefficient (Wildman–Crippen LogP) is 2.36.